The third kappa shape index (κ3) is 5.97. The second-order valence-corrected chi connectivity index (χ2v) is 11.3. The van der Waals surface area contributed by atoms with Gasteiger partial charge in [-0.05, 0) is 30.4 Å². The number of halogens is 1. The quantitative estimate of drug-likeness (QED) is 0.303. The summed E-state index contributed by atoms with van der Waals surface area (Å²) < 4.78 is 38.6. The van der Waals surface area contributed by atoms with Crippen molar-refractivity contribution in [2.45, 2.75) is 40.4 Å². The van der Waals surface area contributed by atoms with Crippen LogP contribution in [0.1, 0.15) is 34.6 Å². The zero-order valence-corrected chi connectivity index (χ0v) is 18.7. The third-order valence-electron chi connectivity index (χ3n) is 3.77. The summed E-state index contributed by atoms with van der Waals surface area (Å²) >= 11 is -0.162. The highest BCUT2D eigenvalue weighted by Crippen LogP contribution is 2.47. The highest BCUT2D eigenvalue weighted by Gasteiger charge is 2.33. The van der Waals surface area contributed by atoms with Gasteiger partial charge in [-0.25, -0.2) is 0 Å². The molecule has 25 heavy (non-hydrogen) atoms. The molecule has 0 aromatic rings. The Kier molecular flexibility index (Phi) is 7.85. The largest absolute Gasteiger partial charge is 0.462 e. The Labute approximate surface area is 160 Å². The van der Waals surface area contributed by atoms with Crippen molar-refractivity contribution in [1.29, 1.82) is 0 Å². The van der Waals surface area contributed by atoms with Gasteiger partial charge in [0.05, 0.1) is 26.0 Å². The monoisotopic (exact) mass is 485 g/mol. The molecule has 1 fully saturated rings. The molecule has 0 unspecified atom stereocenters. The maximum Gasteiger partial charge on any atom is 0.331 e. The van der Waals surface area contributed by atoms with Gasteiger partial charge in [0.15, 0.2) is 0 Å². The first-order valence-electron chi connectivity index (χ1n) is 8.62. The Morgan fingerprint density at radius 2 is 2.00 bits per heavy atom. The minimum atomic E-state index is -2.99. The number of nitrogens with one attached hydrogen (secondary N) is 1. The van der Waals surface area contributed by atoms with E-state index in [9.17, 15) is 4.57 Å². The summed E-state index contributed by atoms with van der Waals surface area (Å²) in [4.78, 5) is 0. The molecular weight excluding hydrogens is 456 g/mol. The van der Waals surface area contributed by atoms with Gasteiger partial charge in [0.2, 0.25) is 5.79 Å². The standard InChI is InChI=1S/C17H29INO5P/c1-6-22-25(20,23-7-2)9-8-19-11-14-10-18-13(3)16-15(14)12-21-17(4,5)24-16/h10,19H,6-9,11-12H2,1-5H3. The van der Waals surface area contributed by atoms with Crippen LogP contribution in [0.3, 0.4) is 0 Å². The molecular formula is C17H29INO5P. The van der Waals surface area contributed by atoms with Gasteiger partial charge in [0, 0.05) is 36.1 Å². The Hall–Kier alpha value is -0.0500. The molecule has 0 saturated carbocycles. The maximum atomic E-state index is 12.5. The van der Waals surface area contributed by atoms with Crippen molar-refractivity contribution in [1.82, 2.24) is 5.32 Å². The molecule has 0 amide bonds. The second kappa shape index (κ2) is 9.24. The molecule has 2 heterocycles. The lowest BCUT2D eigenvalue weighted by Gasteiger charge is -2.36. The zero-order valence-electron chi connectivity index (χ0n) is 15.7. The van der Waals surface area contributed by atoms with E-state index >= 15 is 0 Å². The van der Waals surface area contributed by atoms with E-state index in [1.165, 1.54) is 9.15 Å². The van der Waals surface area contributed by atoms with Gasteiger partial charge in [-0.2, -0.15) is 0 Å². The van der Waals surface area contributed by atoms with Crippen LogP contribution in [0.15, 0.2) is 20.5 Å². The van der Waals surface area contributed by atoms with Gasteiger partial charge in [-0.15, -0.1) is 0 Å². The molecule has 0 atom stereocenters. The molecule has 1 N–H and O–H groups in total. The lowest BCUT2D eigenvalue weighted by molar-refractivity contribution is -0.201. The van der Waals surface area contributed by atoms with Gasteiger partial charge in [-0.1, -0.05) is 20.7 Å². The number of fused-ring (bicyclic) bond motifs is 1. The summed E-state index contributed by atoms with van der Waals surface area (Å²) in [5, 5.41) is 3.36. The fourth-order valence-electron chi connectivity index (χ4n) is 2.57. The molecule has 0 bridgehead atoms. The van der Waals surface area contributed by atoms with Crippen molar-refractivity contribution in [3.8, 4) is 0 Å². The molecule has 6 nitrogen and oxygen atoms in total. The predicted octanol–water partition coefficient (Wildman–Crippen LogP) is 3.94. The highest BCUT2D eigenvalue weighted by atomic mass is 127. The molecule has 2 rings (SSSR count). The van der Waals surface area contributed by atoms with Crippen LogP contribution in [-0.4, -0.2) is 48.9 Å². The molecule has 144 valence electrons. The third-order valence-corrected chi connectivity index (χ3v) is 8.33. The zero-order chi connectivity index (χ0) is 18.5. The van der Waals surface area contributed by atoms with Crippen LogP contribution >= 0.6 is 28.3 Å². The van der Waals surface area contributed by atoms with Crippen molar-refractivity contribution in [3.63, 3.8) is 0 Å². The van der Waals surface area contributed by atoms with Crippen LogP contribution in [0, 0.1) is 0 Å². The molecule has 8 heteroatoms. The number of rotatable bonds is 9. The van der Waals surface area contributed by atoms with Crippen LogP contribution in [0.4, 0.5) is 0 Å². The number of hydrogen-bond acceptors (Lipinski definition) is 6. The Morgan fingerprint density at radius 1 is 1.32 bits per heavy atom. The summed E-state index contributed by atoms with van der Waals surface area (Å²) in [6.07, 6.45) is 0.369. The van der Waals surface area contributed by atoms with E-state index in [2.05, 4.69) is 16.3 Å². The average molecular weight is 485 g/mol. The molecule has 1 saturated heterocycles. The molecule has 0 spiro atoms. The Morgan fingerprint density at radius 3 is 2.64 bits per heavy atom. The summed E-state index contributed by atoms with van der Waals surface area (Å²) in [7, 11) is -2.99. The number of ether oxygens (including phenoxy) is 2. The molecule has 0 radical (unpaired) electrons. The van der Waals surface area contributed by atoms with E-state index in [0.717, 1.165) is 11.3 Å². The van der Waals surface area contributed by atoms with Crippen molar-refractivity contribution in [3.05, 3.63) is 20.5 Å². The predicted molar refractivity (Wildman–Crippen MR) is 110 cm³/mol. The van der Waals surface area contributed by atoms with Crippen molar-refractivity contribution >= 4 is 32.3 Å². The van der Waals surface area contributed by atoms with E-state index in [1.54, 1.807) is 0 Å². The number of allylic oxidation sites excluding steroid dienone is 1. The lowest BCUT2D eigenvalue weighted by atomic mass is 10.1. The van der Waals surface area contributed by atoms with Gasteiger partial charge in [0.25, 0.3) is 0 Å². The molecule has 0 aliphatic carbocycles. The minimum absolute atomic E-state index is 0.162. The summed E-state index contributed by atoms with van der Waals surface area (Å²) in [5.74, 6) is 0.444. The maximum absolute atomic E-state index is 12.5. The van der Waals surface area contributed by atoms with E-state index in [1.807, 2.05) is 27.7 Å². The first-order valence-corrected chi connectivity index (χ1v) is 12.7. The first-order chi connectivity index (χ1) is 11.8. The Balaban J connectivity index is 1.95. The molecule has 0 aromatic heterocycles. The van der Waals surface area contributed by atoms with Crippen molar-refractivity contribution in [2.24, 2.45) is 0 Å². The van der Waals surface area contributed by atoms with Gasteiger partial charge < -0.3 is 23.8 Å². The fourth-order valence-corrected chi connectivity index (χ4v) is 6.28. The minimum Gasteiger partial charge on any atom is -0.462 e. The normalized spacial score (nSPS) is 20.2. The van der Waals surface area contributed by atoms with E-state index in [-0.39, 0.29) is 20.7 Å². The van der Waals surface area contributed by atoms with Crippen molar-refractivity contribution < 1.29 is 23.1 Å². The van der Waals surface area contributed by atoms with E-state index < -0.39 is 13.4 Å². The van der Waals surface area contributed by atoms with Crippen LogP contribution in [0.2, 0.25) is 0 Å². The van der Waals surface area contributed by atoms with Crippen LogP contribution in [0.25, 0.3) is 0 Å². The van der Waals surface area contributed by atoms with Gasteiger partial charge in [0.1, 0.15) is 5.76 Å². The van der Waals surface area contributed by atoms with Gasteiger partial charge in [-0.3, -0.25) is 4.57 Å². The number of hydrogen-bond donors (Lipinski definition) is 1. The van der Waals surface area contributed by atoms with Crippen LogP contribution < -0.4 is 5.32 Å². The summed E-state index contributed by atoms with van der Waals surface area (Å²) in [5.41, 5.74) is 2.36. The smallest absolute Gasteiger partial charge is 0.331 e. The molecule has 0 aromatic carbocycles. The topological polar surface area (TPSA) is 66.0 Å². The fraction of sp³-hybridized carbons (Fsp3) is 0.706. The van der Waals surface area contributed by atoms with Crippen molar-refractivity contribution in [2.75, 3.05) is 39.1 Å². The average Bonchev–Trinajstić information content (AvgIpc) is 2.53. The first kappa shape index (κ1) is 21.3. The van der Waals surface area contributed by atoms with Crippen LogP contribution in [-0.2, 0) is 23.1 Å². The van der Waals surface area contributed by atoms with Gasteiger partial charge >= 0.3 is 7.60 Å². The van der Waals surface area contributed by atoms with E-state index in [4.69, 9.17) is 18.5 Å². The summed E-state index contributed by atoms with van der Waals surface area (Å²) in [6, 6.07) is 0. The SMILES string of the molecule is CCOP(=O)(CCNCC1=C2COC(C)(C)OC2=C(C)I=C1)OCC. The van der Waals surface area contributed by atoms with Crippen LogP contribution in [0.5, 0.6) is 0 Å². The van der Waals surface area contributed by atoms with E-state index in [0.29, 0.717) is 39.1 Å². The molecule has 2 aliphatic rings. The highest BCUT2D eigenvalue weighted by molar-refractivity contribution is 14.2. The second-order valence-electron chi connectivity index (χ2n) is 6.22. The molecule has 2 aliphatic heterocycles. The lowest BCUT2D eigenvalue weighted by Crippen LogP contribution is -2.36. The summed E-state index contributed by atoms with van der Waals surface area (Å²) in [6.45, 7) is 12.3. The Bertz CT molecular complexity index is 617.